The van der Waals surface area contributed by atoms with Gasteiger partial charge in [-0.1, -0.05) is 74.0 Å². The van der Waals surface area contributed by atoms with Gasteiger partial charge in [-0.2, -0.15) is 0 Å². The van der Waals surface area contributed by atoms with Crippen LogP contribution in [0, 0.1) is 12.7 Å². The number of carbonyl (C=O) groups is 12. The number of cyclic esters (lactones) is 1. The van der Waals surface area contributed by atoms with Crippen molar-refractivity contribution in [2.24, 2.45) is 0 Å². The number of pyridine rings is 2. The van der Waals surface area contributed by atoms with E-state index in [0.717, 1.165) is 4.90 Å². The SMILES string of the molecule is CC[C@@]1(O)C(=O)OCc2c1cc1n(c2=O)Cc2c-1nc1cc(F)c(C)c3c1c2[C@@H](NC(=O)CNC(=O)[C@H](Cc1ccccc1)NC(=O)CNC(=O)CNC(=O)CNC(=O)[C@H](Cc1ccccc1)NC(=O)CNC(=O)CNC(=O)CCCCCN1C(=O)C=CC1=O)CC3. The number of nitrogens with zero attached hydrogens (tertiary/aromatic N) is 3. The second kappa shape index (κ2) is 29.4. The molecule has 0 saturated heterocycles. The summed E-state index contributed by atoms with van der Waals surface area (Å²) < 4.78 is 22.2. The van der Waals surface area contributed by atoms with Crippen LogP contribution in [0.15, 0.2) is 89.7 Å². The number of aliphatic hydroxyl groups is 1. The second-order valence-corrected chi connectivity index (χ2v) is 22.6. The molecule has 3 aromatic carbocycles. The summed E-state index contributed by atoms with van der Waals surface area (Å²) in [6.45, 7) is -0.337. The minimum absolute atomic E-state index is 0.00432. The second-order valence-electron chi connectivity index (χ2n) is 22.6. The third-order valence-corrected chi connectivity index (χ3v) is 16.4. The largest absolute Gasteiger partial charge is 0.458 e. The summed E-state index contributed by atoms with van der Waals surface area (Å²) in [4.78, 5) is 174. The Morgan fingerprint density at radius 2 is 1.20 bits per heavy atom. The molecule has 2 aromatic heterocycles. The van der Waals surface area contributed by atoms with Crippen molar-refractivity contribution in [3.05, 3.63) is 146 Å². The van der Waals surface area contributed by atoms with E-state index in [9.17, 15) is 67.4 Å². The van der Waals surface area contributed by atoms with Gasteiger partial charge in [0.2, 0.25) is 53.2 Å². The summed E-state index contributed by atoms with van der Waals surface area (Å²) in [6, 6.07) is 16.9. The molecule has 9 rings (SSSR count). The highest BCUT2D eigenvalue weighted by atomic mass is 19.1. The van der Waals surface area contributed by atoms with Crippen LogP contribution in [0.2, 0.25) is 0 Å². The third kappa shape index (κ3) is 15.5. The Morgan fingerprint density at radius 3 is 1.76 bits per heavy atom. The summed E-state index contributed by atoms with van der Waals surface area (Å²) >= 11 is 0. The molecule has 11 amide bonds. The van der Waals surface area contributed by atoms with Gasteiger partial charge < -0.3 is 62.3 Å². The molecule has 92 heavy (non-hydrogen) atoms. The van der Waals surface area contributed by atoms with Crippen LogP contribution < -0.4 is 53.4 Å². The summed E-state index contributed by atoms with van der Waals surface area (Å²) in [5, 5.41) is 34.7. The smallest absolute Gasteiger partial charge is 0.343 e. The van der Waals surface area contributed by atoms with Crippen molar-refractivity contribution in [2.45, 2.75) is 109 Å². The molecular formula is C64H69FN12O15. The molecule has 27 nitrogen and oxygen atoms in total. The zero-order valence-corrected chi connectivity index (χ0v) is 50.4. The average molecular weight is 1270 g/mol. The summed E-state index contributed by atoms with van der Waals surface area (Å²) in [5.74, 6) is -8.61. The van der Waals surface area contributed by atoms with E-state index in [-0.39, 0.29) is 73.8 Å². The quantitative estimate of drug-likeness (QED) is 0.0164. The lowest BCUT2D eigenvalue weighted by Gasteiger charge is -2.31. The molecule has 0 fully saturated rings. The number of halogens is 1. The molecule has 0 radical (unpaired) electrons. The van der Waals surface area contributed by atoms with Crippen molar-refractivity contribution < 1.29 is 71.8 Å². The van der Waals surface area contributed by atoms with Gasteiger partial charge in [-0.05, 0) is 72.9 Å². The Bertz CT molecular complexity index is 3880. The number of hydrogen-bond donors (Lipinski definition) is 10. The zero-order chi connectivity index (χ0) is 65.8. The first-order valence-corrected chi connectivity index (χ1v) is 30.1. The normalized spacial score (nSPS) is 16.4. The highest BCUT2D eigenvalue weighted by molar-refractivity contribution is 6.13. The maximum absolute atomic E-state index is 15.5. The highest BCUT2D eigenvalue weighted by Crippen LogP contribution is 2.46. The molecule has 10 N–H and O–H groups in total. The Hall–Kier alpha value is -10.5. The number of unbranched alkanes of at least 4 members (excludes halogenated alkanes) is 2. The summed E-state index contributed by atoms with van der Waals surface area (Å²) in [6.07, 6.45) is 4.50. The standard InChI is InChI=1S/C64H69FN12O15/c1-3-64(91)41-25-47-59-39(33-77(47)62(89)40(41)34-92-63(64)90)58-43(19-18-38-35(2)42(65)26-44(75-59)57(38)58)72-54(84)32-71-61(88)46(24-37-15-9-5-10-16-37)74-53(83)31-69-50(80)28-67-51(81)29-70-60(87)45(23-36-13-7-4-8-14-36)73-52(82)30-68-49(79)27-66-48(78)17-11-6-12-22-76-55(85)20-21-56(76)86/h4-5,7-10,13-16,20-21,25-26,43,45-46,91H,3,6,11-12,17-19,22-24,27-34H2,1-2H3,(H,66,78)(H,67,81)(H,68,79)(H,69,80)(H,70,87)(H,71,88)(H,72,84)(H,73,82)(H,74,83)/t43-,45-,46-,64-/m0/s1. The Morgan fingerprint density at radius 1 is 0.663 bits per heavy atom. The lowest BCUT2D eigenvalue weighted by molar-refractivity contribution is -0.172. The first-order valence-electron chi connectivity index (χ1n) is 30.1. The molecular weight excluding hydrogens is 1200 g/mol. The number of nitrogens with one attached hydrogen (secondary N) is 9. The van der Waals surface area contributed by atoms with Gasteiger partial charge in [0.1, 0.15) is 24.5 Å². The van der Waals surface area contributed by atoms with Crippen LogP contribution >= 0.6 is 0 Å². The number of rotatable bonds is 28. The van der Waals surface area contributed by atoms with Crippen molar-refractivity contribution in [2.75, 3.05) is 45.8 Å². The van der Waals surface area contributed by atoms with E-state index in [2.05, 4.69) is 47.9 Å². The summed E-state index contributed by atoms with van der Waals surface area (Å²) in [7, 11) is 0. The fraction of sp³-hybridized carbons (Fsp3) is 0.375. The number of esters is 1. The molecule has 5 aromatic rings. The van der Waals surface area contributed by atoms with Crippen LogP contribution in [0.1, 0.15) is 96.0 Å². The van der Waals surface area contributed by atoms with E-state index in [0.29, 0.717) is 82.3 Å². The number of ether oxygens (including phenoxy) is 1. The highest BCUT2D eigenvalue weighted by Gasteiger charge is 2.46. The van der Waals surface area contributed by atoms with Crippen molar-refractivity contribution >= 4 is 81.9 Å². The molecule has 3 aliphatic heterocycles. The number of carbonyl (C=O) groups excluding carboxylic acids is 12. The first-order chi connectivity index (χ1) is 44.1. The molecule has 482 valence electrons. The molecule has 4 atom stereocenters. The fourth-order valence-electron chi connectivity index (χ4n) is 11.5. The van der Waals surface area contributed by atoms with E-state index >= 15 is 4.39 Å². The zero-order valence-electron chi connectivity index (χ0n) is 50.4. The van der Waals surface area contributed by atoms with Crippen LogP contribution in [0.25, 0.3) is 22.3 Å². The van der Waals surface area contributed by atoms with Crippen LogP contribution in [0.5, 0.6) is 0 Å². The maximum atomic E-state index is 15.5. The number of benzene rings is 3. The lowest BCUT2D eigenvalue weighted by atomic mass is 9.81. The molecule has 0 spiro atoms. The molecule has 0 bridgehead atoms. The minimum Gasteiger partial charge on any atom is -0.458 e. The molecule has 1 aliphatic carbocycles. The molecule has 28 heteroatoms. The predicted molar refractivity (Wildman–Crippen MR) is 325 cm³/mol. The monoisotopic (exact) mass is 1260 g/mol. The van der Waals surface area contributed by atoms with Crippen LogP contribution in [-0.2, 0) is 100 Å². The van der Waals surface area contributed by atoms with E-state index in [1.807, 2.05) is 0 Å². The Labute approximate surface area is 525 Å². The number of hydrogen-bond acceptors (Lipinski definition) is 16. The third-order valence-electron chi connectivity index (χ3n) is 16.4. The van der Waals surface area contributed by atoms with Gasteiger partial charge in [-0.25, -0.2) is 14.2 Å². The van der Waals surface area contributed by atoms with Gasteiger partial charge >= 0.3 is 5.97 Å². The van der Waals surface area contributed by atoms with Crippen LogP contribution in [-0.4, -0.2) is 148 Å². The number of aromatic nitrogens is 2. The molecule has 0 unspecified atom stereocenters. The molecule has 5 heterocycles. The van der Waals surface area contributed by atoms with Crippen LogP contribution in [0.4, 0.5) is 4.39 Å². The maximum Gasteiger partial charge on any atom is 0.343 e. The number of amides is 11. The van der Waals surface area contributed by atoms with Gasteiger partial charge in [0.15, 0.2) is 5.60 Å². The van der Waals surface area contributed by atoms with E-state index in [1.54, 1.807) is 80.6 Å². The van der Waals surface area contributed by atoms with E-state index in [1.165, 1.54) is 22.8 Å². The number of aryl methyl sites for hydroxylation is 1. The van der Waals surface area contributed by atoms with Gasteiger partial charge in [0.25, 0.3) is 17.4 Å². The topological polar surface area (TPSA) is 381 Å². The van der Waals surface area contributed by atoms with Crippen molar-refractivity contribution in [3.63, 3.8) is 0 Å². The van der Waals surface area contributed by atoms with Crippen LogP contribution in [0.3, 0.4) is 0 Å². The van der Waals surface area contributed by atoms with Crippen molar-refractivity contribution in [1.29, 1.82) is 0 Å². The van der Waals surface area contributed by atoms with E-state index < -0.39 is 134 Å². The van der Waals surface area contributed by atoms with Gasteiger partial charge in [-0.3, -0.25) is 62.4 Å². The van der Waals surface area contributed by atoms with Crippen molar-refractivity contribution in [3.8, 4) is 11.4 Å². The minimum atomic E-state index is -2.09. The molecule has 0 saturated carbocycles. The first kappa shape index (κ1) is 65.9. The lowest BCUT2D eigenvalue weighted by Crippen LogP contribution is -2.53. The van der Waals surface area contributed by atoms with Gasteiger partial charge in [0, 0.05) is 60.5 Å². The number of fused-ring (bicyclic) bond motifs is 5. The number of imide groups is 1. The Kier molecular flexibility index (Phi) is 21.1. The Balaban J connectivity index is 0.736. The fourth-order valence-corrected chi connectivity index (χ4v) is 11.5. The predicted octanol–water partition coefficient (Wildman–Crippen LogP) is -0.732. The van der Waals surface area contributed by atoms with E-state index in [4.69, 9.17) is 9.72 Å². The van der Waals surface area contributed by atoms with Gasteiger partial charge in [0.05, 0.1) is 74.3 Å². The average Bonchev–Trinajstić information content (AvgIpc) is 1.47. The van der Waals surface area contributed by atoms with Gasteiger partial charge in [-0.15, -0.1) is 0 Å². The van der Waals surface area contributed by atoms with Crippen molar-refractivity contribution in [1.82, 2.24) is 62.3 Å². The molecule has 4 aliphatic rings. The summed E-state index contributed by atoms with van der Waals surface area (Å²) in [5.41, 5.74) is 2.04.